The molecule has 1 heterocycles. The topological polar surface area (TPSA) is 47.9 Å². The van der Waals surface area contributed by atoms with Crippen molar-refractivity contribution in [3.63, 3.8) is 0 Å². The molecule has 4 heteroatoms. The SMILES string of the molecule is COc1cc2c(cc1OC)C(c1ccccc1C(C)(C)C)CN=C2C=O. The molecule has 0 saturated carbocycles. The van der Waals surface area contributed by atoms with Gasteiger partial charge in [-0.05, 0) is 34.2 Å². The van der Waals surface area contributed by atoms with Crippen LogP contribution in [-0.4, -0.2) is 32.8 Å². The summed E-state index contributed by atoms with van der Waals surface area (Å²) in [7, 11) is 3.22. The molecule has 1 aliphatic heterocycles. The minimum absolute atomic E-state index is 0.0158. The van der Waals surface area contributed by atoms with Gasteiger partial charge in [0.05, 0.1) is 20.8 Å². The first-order valence-corrected chi connectivity index (χ1v) is 8.76. The van der Waals surface area contributed by atoms with Gasteiger partial charge in [0.1, 0.15) is 5.71 Å². The molecule has 0 N–H and O–H groups in total. The summed E-state index contributed by atoms with van der Waals surface area (Å²) in [6.45, 7) is 7.18. The lowest BCUT2D eigenvalue weighted by molar-refractivity contribution is -0.102. The van der Waals surface area contributed by atoms with Gasteiger partial charge in [-0.25, -0.2) is 0 Å². The summed E-state index contributed by atoms with van der Waals surface area (Å²) in [6.07, 6.45) is 0.816. The molecular formula is C22H25NO3. The van der Waals surface area contributed by atoms with Crippen molar-refractivity contribution in [1.82, 2.24) is 0 Å². The van der Waals surface area contributed by atoms with Crippen LogP contribution in [0, 0.1) is 0 Å². The Morgan fingerprint density at radius 3 is 2.31 bits per heavy atom. The summed E-state index contributed by atoms with van der Waals surface area (Å²) in [5, 5.41) is 0. The Kier molecular flexibility index (Phi) is 4.86. The third-order valence-electron chi connectivity index (χ3n) is 4.91. The molecule has 4 nitrogen and oxygen atoms in total. The largest absolute Gasteiger partial charge is 0.493 e. The van der Waals surface area contributed by atoms with Crippen molar-refractivity contribution in [2.45, 2.75) is 32.1 Å². The molecule has 1 atom stereocenters. The summed E-state index contributed by atoms with van der Waals surface area (Å²) in [4.78, 5) is 16.1. The van der Waals surface area contributed by atoms with Gasteiger partial charge in [0.25, 0.3) is 0 Å². The number of aliphatic imine (C=N–C) groups is 1. The molecule has 0 aliphatic carbocycles. The summed E-state index contributed by atoms with van der Waals surface area (Å²) < 4.78 is 10.9. The normalized spacial score (nSPS) is 16.5. The van der Waals surface area contributed by atoms with Gasteiger partial charge in [-0.1, -0.05) is 45.0 Å². The summed E-state index contributed by atoms with van der Waals surface area (Å²) in [5.74, 6) is 1.34. The monoisotopic (exact) mass is 351 g/mol. The van der Waals surface area contributed by atoms with Gasteiger partial charge >= 0.3 is 0 Å². The number of hydrogen-bond donors (Lipinski definition) is 0. The van der Waals surface area contributed by atoms with Crippen LogP contribution in [0.1, 0.15) is 48.9 Å². The standard InChI is InChI=1S/C22H25NO3/c1-22(2,3)18-9-7-6-8-14(18)17-12-23-19(13-24)16-11-21(26-5)20(25-4)10-15(16)17/h6-11,13,17H,12H2,1-5H3. The predicted molar refractivity (Wildman–Crippen MR) is 104 cm³/mol. The summed E-state index contributed by atoms with van der Waals surface area (Å²) in [5.41, 5.74) is 4.87. The number of fused-ring (bicyclic) bond motifs is 1. The Morgan fingerprint density at radius 2 is 1.69 bits per heavy atom. The second-order valence-corrected chi connectivity index (χ2v) is 7.53. The second-order valence-electron chi connectivity index (χ2n) is 7.53. The minimum Gasteiger partial charge on any atom is -0.493 e. The van der Waals surface area contributed by atoms with E-state index in [9.17, 15) is 4.79 Å². The van der Waals surface area contributed by atoms with Crippen LogP contribution >= 0.6 is 0 Å². The van der Waals surface area contributed by atoms with E-state index in [1.165, 1.54) is 11.1 Å². The highest BCUT2D eigenvalue weighted by Crippen LogP contribution is 2.41. The van der Waals surface area contributed by atoms with Crippen molar-refractivity contribution < 1.29 is 14.3 Å². The first-order valence-electron chi connectivity index (χ1n) is 8.76. The third kappa shape index (κ3) is 3.12. The number of benzene rings is 2. The zero-order chi connectivity index (χ0) is 18.9. The summed E-state index contributed by atoms with van der Waals surface area (Å²) in [6, 6.07) is 12.3. The molecule has 1 unspecified atom stereocenters. The molecule has 136 valence electrons. The van der Waals surface area contributed by atoms with Crippen molar-refractivity contribution in [2.75, 3.05) is 20.8 Å². The van der Waals surface area contributed by atoms with Crippen LogP contribution in [0.5, 0.6) is 11.5 Å². The van der Waals surface area contributed by atoms with Crippen molar-refractivity contribution in [2.24, 2.45) is 4.99 Å². The highest BCUT2D eigenvalue weighted by molar-refractivity contribution is 6.37. The number of carbonyl (C=O) groups excluding carboxylic acids is 1. The van der Waals surface area contributed by atoms with Crippen molar-refractivity contribution >= 4 is 12.0 Å². The Morgan fingerprint density at radius 1 is 1.04 bits per heavy atom. The lowest BCUT2D eigenvalue weighted by Gasteiger charge is -2.30. The average molecular weight is 351 g/mol. The molecule has 0 spiro atoms. The first-order chi connectivity index (χ1) is 12.4. The molecule has 2 aromatic carbocycles. The quantitative estimate of drug-likeness (QED) is 0.778. The smallest absolute Gasteiger partial charge is 0.168 e. The second kappa shape index (κ2) is 6.94. The first kappa shape index (κ1) is 18.2. The number of aldehydes is 1. The van der Waals surface area contributed by atoms with Crippen LogP contribution in [0.25, 0.3) is 0 Å². The maximum Gasteiger partial charge on any atom is 0.168 e. The maximum atomic E-state index is 11.5. The number of ether oxygens (including phenoxy) is 2. The fourth-order valence-electron chi connectivity index (χ4n) is 3.63. The molecule has 0 radical (unpaired) electrons. The molecule has 0 fully saturated rings. The van der Waals surface area contributed by atoms with Crippen LogP contribution in [0.4, 0.5) is 0 Å². The molecule has 1 aliphatic rings. The van der Waals surface area contributed by atoms with E-state index in [-0.39, 0.29) is 11.3 Å². The molecular weight excluding hydrogens is 326 g/mol. The molecule has 0 bridgehead atoms. The zero-order valence-corrected chi connectivity index (χ0v) is 16.0. The van der Waals surface area contributed by atoms with Crippen LogP contribution in [-0.2, 0) is 10.2 Å². The van der Waals surface area contributed by atoms with E-state index < -0.39 is 0 Å². The maximum absolute atomic E-state index is 11.5. The van der Waals surface area contributed by atoms with Crippen molar-refractivity contribution in [3.8, 4) is 11.5 Å². The van der Waals surface area contributed by atoms with Crippen LogP contribution in [0.2, 0.25) is 0 Å². The number of carbonyl (C=O) groups is 1. The predicted octanol–water partition coefficient (Wildman–Crippen LogP) is 4.13. The van der Waals surface area contributed by atoms with E-state index in [4.69, 9.17) is 9.47 Å². The lowest BCUT2D eigenvalue weighted by atomic mass is 9.76. The van der Waals surface area contributed by atoms with Gasteiger partial charge < -0.3 is 9.47 Å². The molecule has 0 aromatic heterocycles. The number of hydrogen-bond acceptors (Lipinski definition) is 4. The number of methoxy groups -OCH3 is 2. The van der Waals surface area contributed by atoms with Gasteiger partial charge in [0.2, 0.25) is 0 Å². The Hall–Kier alpha value is -2.62. The number of nitrogens with zero attached hydrogens (tertiary/aromatic N) is 1. The van der Waals surface area contributed by atoms with E-state index in [2.05, 4.69) is 50.0 Å². The molecule has 0 amide bonds. The molecule has 0 saturated heterocycles. The van der Waals surface area contributed by atoms with Crippen molar-refractivity contribution in [3.05, 3.63) is 58.7 Å². The number of rotatable bonds is 4. The lowest BCUT2D eigenvalue weighted by Crippen LogP contribution is -2.23. The van der Waals surface area contributed by atoms with E-state index in [0.717, 1.165) is 17.4 Å². The van der Waals surface area contributed by atoms with Crippen LogP contribution in [0.3, 0.4) is 0 Å². The highest BCUT2D eigenvalue weighted by atomic mass is 16.5. The average Bonchev–Trinajstić information content (AvgIpc) is 2.65. The van der Waals surface area contributed by atoms with E-state index in [0.29, 0.717) is 23.8 Å². The van der Waals surface area contributed by atoms with Gasteiger partial charge in [0.15, 0.2) is 17.8 Å². The van der Waals surface area contributed by atoms with Gasteiger partial charge in [-0.3, -0.25) is 9.79 Å². The van der Waals surface area contributed by atoms with E-state index in [1.807, 2.05) is 12.1 Å². The molecule has 2 aromatic rings. The Bertz CT molecular complexity index is 862. The summed E-state index contributed by atoms with van der Waals surface area (Å²) >= 11 is 0. The Labute approximate surface area is 154 Å². The van der Waals surface area contributed by atoms with E-state index >= 15 is 0 Å². The fraction of sp³-hybridized carbons (Fsp3) is 0.364. The van der Waals surface area contributed by atoms with Crippen LogP contribution in [0.15, 0.2) is 41.4 Å². The fourth-order valence-corrected chi connectivity index (χ4v) is 3.63. The molecule has 26 heavy (non-hydrogen) atoms. The van der Waals surface area contributed by atoms with Crippen molar-refractivity contribution in [1.29, 1.82) is 0 Å². The van der Waals surface area contributed by atoms with Gasteiger partial charge in [-0.15, -0.1) is 0 Å². The minimum atomic E-state index is 0.0158. The Balaban J connectivity index is 2.23. The van der Waals surface area contributed by atoms with Gasteiger partial charge in [0, 0.05) is 11.5 Å². The molecule has 3 rings (SSSR count). The third-order valence-corrected chi connectivity index (χ3v) is 4.91. The zero-order valence-electron chi connectivity index (χ0n) is 16.0. The highest BCUT2D eigenvalue weighted by Gasteiger charge is 2.30. The van der Waals surface area contributed by atoms with Gasteiger partial charge in [-0.2, -0.15) is 0 Å². The van der Waals surface area contributed by atoms with E-state index in [1.54, 1.807) is 14.2 Å². The van der Waals surface area contributed by atoms with Crippen LogP contribution < -0.4 is 9.47 Å².